The highest BCUT2D eigenvalue weighted by Crippen LogP contribution is 2.21. The normalized spacial score (nSPS) is 10.8. The number of hydrogen-bond acceptors (Lipinski definition) is 3. The van der Waals surface area contributed by atoms with Crippen LogP contribution in [0.15, 0.2) is 30.7 Å². The largest absolute Gasteiger partial charge is 0.359 e. The Morgan fingerprint density at radius 1 is 1.25 bits per heavy atom. The van der Waals surface area contributed by atoms with Crippen LogP contribution in [0.1, 0.15) is 0 Å². The minimum Gasteiger partial charge on any atom is -0.359 e. The molecule has 0 unspecified atom stereocenters. The molecule has 3 aromatic rings. The lowest BCUT2D eigenvalue weighted by atomic mass is 10.1. The summed E-state index contributed by atoms with van der Waals surface area (Å²) in [6.07, 6.45) is 3.50. The van der Waals surface area contributed by atoms with Crippen molar-refractivity contribution in [3.05, 3.63) is 30.7 Å². The van der Waals surface area contributed by atoms with Gasteiger partial charge in [0, 0.05) is 12.6 Å². The summed E-state index contributed by atoms with van der Waals surface area (Å²) >= 11 is 0. The Hall–Kier alpha value is -2.30. The molecule has 5 nitrogen and oxygen atoms in total. The number of fused-ring (bicyclic) bond motifs is 1. The second kappa shape index (κ2) is 3.37. The van der Waals surface area contributed by atoms with Crippen molar-refractivity contribution >= 4 is 17.0 Å². The van der Waals surface area contributed by atoms with Gasteiger partial charge in [-0.25, -0.2) is 9.97 Å². The maximum Gasteiger partial charge on any atom is 0.200 e. The van der Waals surface area contributed by atoms with Crippen LogP contribution in [0.2, 0.25) is 0 Å². The number of benzene rings is 1. The van der Waals surface area contributed by atoms with Crippen LogP contribution in [-0.4, -0.2) is 27.0 Å². The highest BCUT2D eigenvalue weighted by atomic mass is 15.1. The van der Waals surface area contributed by atoms with E-state index >= 15 is 0 Å². The highest BCUT2D eigenvalue weighted by molar-refractivity contribution is 5.80. The number of aromatic nitrogens is 4. The van der Waals surface area contributed by atoms with E-state index in [-0.39, 0.29) is 0 Å². The fourth-order valence-electron chi connectivity index (χ4n) is 1.70. The average Bonchev–Trinajstić information content (AvgIpc) is 2.96. The van der Waals surface area contributed by atoms with Crippen molar-refractivity contribution in [2.24, 2.45) is 0 Å². The molecule has 0 aliphatic heterocycles. The number of imidazole rings is 2. The van der Waals surface area contributed by atoms with E-state index in [0.717, 1.165) is 28.2 Å². The van der Waals surface area contributed by atoms with Crippen LogP contribution in [0.3, 0.4) is 0 Å². The minimum absolute atomic E-state index is 0.764. The number of hydrogen-bond donors (Lipinski definition) is 3. The zero-order valence-electron chi connectivity index (χ0n) is 8.78. The van der Waals surface area contributed by atoms with Gasteiger partial charge in [-0.05, 0) is 12.1 Å². The topological polar surface area (TPSA) is 69.4 Å². The summed E-state index contributed by atoms with van der Waals surface area (Å²) in [5.74, 6) is 0.764. The Labute approximate surface area is 91.9 Å². The molecule has 0 aliphatic rings. The molecule has 0 saturated heterocycles. The van der Waals surface area contributed by atoms with E-state index in [9.17, 15) is 0 Å². The average molecular weight is 213 g/mol. The highest BCUT2D eigenvalue weighted by Gasteiger charge is 2.03. The molecule has 0 bridgehead atoms. The van der Waals surface area contributed by atoms with Crippen LogP contribution in [0.5, 0.6) is 0 Å². The van der Waals surface area contributed by atoms with Gasteiger partial charge >= 0.3 is 0 Å². The summed E-state index contributed by atoms with van der Waals surface area (Å²) in [7, 11) is 1.83. The van der Waals surface area contributed by atoms with Crippen LogP contribution in [-0.2, 0) is 0 Å². The van der Waals surface area contributed by atoms with E-state index in [1.807, 2.05) is 25.4 Å². The lowest BCUT2D eigenvalue weighted by molar-refractivity contribution is 1.26. The predicted molar refractivity (Wildman–Crippen MR) is 63.2 cm³/mol. The van der Waals surface area contributed by atoms with E-state index in [4.69, 9.17) is 0 Å². The fourth-order valence-corrected chi connectivity index (χ4v) is 1.70. The van der Waals surface area contributed by atoms with Crippen LogP contribution in [0.25, 0.3) is 22.3 Å². The summed E-state index contributed by atoms with van der Waals surface area (Å²) in [4.78, 5) is 14.6. The summed E-state index contributed by atoms with van der Waals surface area (Å²) in [6.45, 7) is 0. The summed E-state index contributed by atoms with van der Waals surface area (Å²) in [6, 6.07) is 6.06. The van der Waals surface area contributed by atoms with Crippen molar-refractivity contribution in [1.29, 1.82) is 0 Å². The molecule has 0 atom stereocenters. The number of H-pyrrole nitrogens is 2. The van der Waals surface area contributed by atoms with Crippen molar-refractivity contribution in [1.82, 2.24) is 19.9 Å². The number of rotatable bonds is 2. The zero-order valence-corrected chi connectivity index (χ0v) is 8.78. The first kappa shape index (κ1) is 8.96. The van der Waals surface area contributed by atoms with Gasteiger partial charge in [0.15, 0.2) is 5.95 Å². The third-order valence-corrected chi connectivity index (χ3v) is 2.54. The van der Waals surface area contributed by atoms with Gasteiger partial charge in [0.1, 0.15) is 0 Å². The van der Waals surface area contributed by atoms with Crippen molar-refractivity contribution in [2.75, 3.05) is 12.4 Å². The predicted octanol–water partition coefficient (Wildman–Crippen LogP) is 1.99. The van der Waals surface area contributed by atoms with Gasteiger partial charge in [0.05, 0.1) is 29.3 Å². The summed E-state index contributed by atoms with van der Waals surface area (Å²) in [5, 5.41) is 2.96. The first-order valence-electron chi connectivity index (χ1n) is 5.03. The van der Waals surface area contributed by atoms with E-state index in [2.05, 4.69) is 31.3 Å². The molecule has 80 valence electrons. The Balaban J connectivity index is 2.10. The zero-order chi connectivity index (χ0) is 11.0. The van der Waals surface area contributed by atoms with E-state index in [1.54, 1.807) is 6.33 Å². The van der Waals surface area contributed by atoms with Crippen molar-refractivity contribution in [3.8, 4) is 11.3 Å². The number of anilines is 1. The maximum atomic E-state index is 4.19. The van der Waals surface area contributed by atoms with Crippen molar-refractivity contribution in [3.63, 3.8) is 0 Å². The van der Waals surface area contributed by atoms with Crippen LogP contribution < -0.4 is 5.32 Å². The van der Waals surface area contributed by atoms with Crippen molar-refractivity contribution < 1.29 is 0 Å². The molecule has 2 heterocycles. The second-order valence-electron chi connectivity index (χ2n) is 3.53. The number of aromatic amines is 2. The molecule has 0 spiro atoms. The second-order valence-corrected chi connectivity index (χ2v) is 3.53. The molecule has 0 aliphatic carbocycles. The number of nitrogens with zero attached hydrogens (tertiary/aromatic N) is 2. The standard InChI is InChI=1S/C11H11N5/c1-12-11-13-5-10(16-11)7-2-3-8-9(4-7)15-6-14-8/h2-6H,1H3,(H,14,15)(H2,12,13,16). The summed E-state index contributed by atoms with van der Waals surface area (Å²) < 4.78 is 0. The van der Waals surface area contributed by atoms with E-state index < -0.39 is 0 Å². The smallest absolute Gasteiger partial charge is 0.200 e. The number of nitrogens with one attached hydrogen (secondary N) is 3. The molecular formula is C11H11N5. The van der Waals surface area contributed by atoms with E-state index in [1.165, 1.54) is 0 Å². The Bertz CT molecular complexity index is 622. The van der Waals surface area contributed by atoms with Crippen molar-refractivity contribution in [2.45, 2.75) is 0 Å². The maximum absolute atomic E-state index is 4.19. The minimum atomic E-state index is 0.764. The van der Waals surface area contributed by atoms with Gasteiger partial charge in [-0.2, -0.15) is 0 Å². The third-order valence-electron chi connectivity index (χ3n) is 2.54. The molecule has 3 N–H and O–H groups in total. The van der Waals surface area contributed by atoms with E-state index in [0.29, 0.717) is 0 Å². The molecule has 5 heteroatoms. The Morgan fingerprint density at radius 3 is 3.00 bits per heavy atom. The van der Waals surface area contributed by atoms with Crippen LogP contribution in [0.4, 0.5) is 5.95 Å². The van der Waals surface area contributed by atoms with Gasteiger partial charge in [-0.1, -0.05) is 6.07 Å². The molecule has 16 heavy (non-hydrogen) atoms. The summed E-state index contributed by atoms with van der Waals surface area (Å²) in [5.41, 5.74) is 4.07. The molecule has 2 aromatic heterocycles. The molecule has 3 rings (SSSR count). The van der Waals surface area contributed by atoms with Gasteiger partial charge in [-0.3, -0.25) is 0 Å². The molecule has 0 radical (unpaired) electrons. The quantitative estimate of drug-likeness (QED) is 0.609. The molecular weight excluding hydrogens is 202 g/mol. The third kappa shape index (κ3) is 1.33. The van der Waals surface area contributed by atoms with Gasteiger partial charge in [-0.15, -0.1) is 0 Å². The van der Waals surface area contributed by atoms with Gasteiger partial charge in [0.25, 0.3) is 0 Å². The Kier molecular flexibility index (Phi) is 1.89. The fraction of sp³-hybridized carbons (Fsp3) is 0.0909. The molecule has 0 saturated carbocycles. The van der Waals surface area contributed by atoms with Gasteiger partial charge in [0.2, 0.25) is 0 Å². The molecule has 1 aromatic carbocycles. The first-order chi connectivity index (χ1) is 7.86. The Morgan fingerprint density at radius 2 is 2.19 bits per heavy atom. The SMILES string of the molecule is CNc1ncc(-c2ccc3nc[nH]c3c2)[nH]1. The van der Waals surface area contributed by atoms with Gasteiger partial charge < -0.3 is 15.3 Å². The molecule has 0 fully saturated rings. The molecule has 0 amide bonds. The van der Waals surface area contributed by atoms with Crippen LogP contribution in [0, 0.1) is 0 Å². The lowest BCUT2D eigenvalue weighted by Crippen LogP contribution is -1.88. The monoisotopic (exact) mass is 213 g/mol. The lowest BCUT2D eigenvalue weighted by Gasteiger charge is -1.97. The van der Waals surface area contributed by atoms with Crippen LogP contribution >= 0.6 is 0 Å². The first-order valence-corrected chi connectivity index (χ1v) is 5.03.